The summed E-state index contributed by atoms with van der Waals surface area (Å²) >= 11 is 6.25. The summed E-state index contributed by atoms with van der Waals surface area (Å²) in [5, 5.41) is 0.313. The Morgan fingerprint density at radius 1 is 1.50 bits per heavy atom. The first kappa shape index (κ1) is 9.86. The average Bonchev–Trinajstić information content (AvgIpc) is 2.55. The summed E-state index contributed by atoms with van der Waals surface area (Å²) in [7, 11) is 0. The van der Waals surface area contributed by atoms with Crippen molar-refractivity contribution in [1.29, 1.82) is 0 Å². The van der Waals surface area contributed by atoms with Crippen LogP contribution in [0.25, 0.3) is 11.1 Å². The molecule has 0 spiro atoms. The average molecular weight is 319 g/mol. The van der Waals surface area contributed by atoms with Gasteiger partial charge in [-0.2, -0.15) is 0 Å². The molecule has 0 atom stereocenters. The van der Waals surface area contributed by atoms with E-state index in [-0.39, 0.29) is 5.78 Å². The van der Waals surface area contributed by atoms with Crippen LogP contribution in [0.4, 0.5) is 0 Å². The number of hydrogen-bond donors (Lipinski definition) is 0. The second kappa shape index (κ2) is 3.82. The van der Waals surface area contributed by atoms with E-state index in [9.17, 15) is 4.79 Å². The monoisotopic (exact) mass is 317 g/mol. The topological polar surface area (TPSA) is 43.1 Å². The van der Waals surface area contributed by atoms with E-state index in [1.54, 1.807) is 18.2 Å². The van der Waals surface area contributed by atoms with E-state index in [1.165, 1.54) is 0 Å². The highest BCUT2D eigenvalue weighted by Gasteiger charge is 2.08. The Morgan fingerprint density at radius 2 is 2.29 bits per heavy atom. The Morgan fingerprint density at radius 3 is 3.00 bits per heavy atom. The molecule has 0 aliphatic rings. The fraction of sp³-hybridized carbons (Fsp3) is 0.111. The molecular formula is C9H5Br2NO2. The third kappa shape index (κ3) is 1.74. The molecule has 0 fully saturated rings. The maximum absolute atomic E-state index is 11.3. The lowest BCUT2D eigenvalue weighted by Gasteiger charge is -1.94. The van der Waals surface area contributed by atoms with Crippen molar-refractivity contribution in [2.75, 3.05) is 5.33 Å². The summed E-state index contributed by atoms with van der Waals surface area (Å²) in [6.07, 6.45) is 0. The Kier molecular flexibility index (Phi) is 2.69. The van der Waals surface area contributed by atoms with E-state index in [1.807, 2.05) is 0 Å². The molecule has 0 saturated carbocycles. The van der Waals surface area contributed by atoms with Crippen LogP contribution >= 0.6 is 31.9 Å². The number of oxazole rings is 1. The number of benzene rings is 1. The molecule has 5 heteroatoms. The smallest absolute Gasteiger partial charge is 0.265 e. The lowest BCUT2D eigenvalue weighted by Crippen LogP contribution is -1.98. The lowest BCUT2D eigenvalue weighted by atomic mass is 10.1. The van der Waals surface area contributed by atoms with E-state index in [0.29, 0.717) is 21.3 Å². The molecule has 72 valence electrons. The van der Waals surface area contributed by atoms with Crippen molar-refractivity contribution in [3.05, 3.63) is 28.6 Å². The predicted octanol–water partition coefficient (Wildman–Crippen LogP) is 3.17. The molecule has 0 bridgehead atoms. The van der Waals surface area contributed by atoms with Crippen LogP contribution in [0.5, 0.6) is 0 Å². The van der Waals surface area contributed by atoms with Gasteiger partial charge >= 0.3 is 0 Å². The van der Waals surface area contributed by atoms with Gasteiger partial charge in [-0.15, -0.1) is 0 Å². The molecule has 0 radical (unpaired) electrons. The number of aromatic nitrogens is 1. The van der Waals surface area contributed by atoms with Crippen LogP contribution in [0.15, 0.2) is 27.4 Å². The molecule has 0 N–H and O–H groups in total. The fourth-order valence-electron chi connectivity index (χ4n) is 1.15. The molecule has 1 heterocycles. The van der Waals surface area contributed by atoms with Gasteiger partial charge in [0.1, 0.15) is 5.52 Å². The van der Waals surface area contributed by atoms with E-state index >= 15 is 0 Å². The van der Waals surface area contributed by atoms with Crippen molar-refractivity contribution in [1.82, 2.24) is 4.98 Å². The molecular weight excluding hydrogens is 314 g/mol. The zero-order chi connectivity index (χ0) is 10.1. The molecule has 0 amide bonds. The van der Waals surface area contributed by atoms with E-state index in [2.05, 4.69) is 36.8 Å². The first-order chi connectivity index (χ1) is 6.70. The number of halogens is 2. The number of hydrogen-bond acceptors (Lipinski definition) is 3. The van der Waals surface area contributed by atoms with E-state index in [4.69, 9.17) is 4.42 Å². The second-order valence-corrected chi connectivity index (χ2v) is 3.95. The number of fused-ring (bicyclic) bond motifs is 1. The van der Waals surface area contributed by atoms with Crippen LogP contribution in [0.3, 0.4) is 0 Å². The zero-order valence-electron chi connectivity index (χ0n) is 6.96. The summed E-state index contributed by atoms with van der Waals surface area (Å²) < 4.78 is 5.24. The minimum atomic E-state index is 0.0272. The van der Waals surface area contributed by atoms with Crippen LogP contribution in [0, 0.1) is 0 Å². The van der Waals surface area contributed by atoms with Crippen molar-refractivity contribution in [3.8, 4) is 0 Å². The Hall–Kier alpha value is -0.680. The van der Waals surface area contributed by atoms with Gasteiger partial charge in [-0.3, -0.25) is 4.79 Å². The summed E-state index contributed by atoms with van der Waals surface area (Å²) in [5.41, 5.74) is 1.98. The van der Waals surface area contributed by atoms with Crippen LogP contribution in [0.2, 0.25) is 0 Å². The fourth-order valence-corrected chi connectivity index (χ4v) is 1.84. The molecule has 1 aromatic heterocycles. The molecule has 0 aliphatic heterocycles. The summed E-state index contributed by atoms with van der Waals surface area (Å²) in [5.74, 6) is 0.0272. The number of Topliss-reactive ketones (excluding diaryl/α,β-unsaturated/α-hetero) is 1. The standard InChI is InChI=1S/C9H5Br2NO2/c10-4-7(13)5-1-2-6-8(3-5)14-9(11)12-6/h1-3H,4H2. The van der Waals surface area contributed by atoms with Crippen molar-refractivity contribution in [3.63, 3.8) is 0 Å². The first-order valence-corrected chi connectivity index (χ1v) is 5.77. The summed E-state index contributed by atoms with van der Waals surface area (Å²) in [4.78, 5) is 15.8. The van der Waals surface area contributed by atoms with Gasteiger partial charge in [-0.1, -0.05) is 15.9 Å². The quantitative estimate of drug-likeness (QED) is 0.631. The minimum Gasteiger partial charge on any atom is -0.431 e. The van der Waals surface area contributed by atoms with Crippen molar-refractivity contribution < 1.29 is 9.21 Å². The Balaban J connectivity index is 2.55. The molecule has 14 heavy (non-hydrogen) atoms. The summed E-state index contributed by atoms with van der Waals surface area (Å²) in [6, 6.07) is 5.19. The molecule has 2 rings (SSSR count). The van der Waals surface area contributed by atoms with E-state index in [0.717, 1.165) is 5.52 Å². The summed E-state index contributed by atoms with van der Waals surface area (Å²) in [6.45, 7) is 0. The predicted molar refractivity (Wildman–Crippen MR) is 59.8 cm³/mol. The number of alkyl halides is 1. The third-order valence-corrected chi connectivity index (χ3v) is 2.65. The maximum atomic E-state index is 11.3. The molecule has 0 unspecified atom stereocenters. The Bertz CT molecular complexity index is 493. The first-order valence-electron chi connectivity index (χ1n) is 3.86. The van der Waals surface area contributed by atoms with Gasteiger partial charge in [-0.05, 0) is 18.2 Å². The van der Waals surface area contributed by atoms with Crippen LogP contribution in [0.1, 0.15) is 10.4 Å². The molecule has 0 saturated heterocycles. The van der Waals surface area contributed by atoms with Crippen molar-refractivity contribution >= 4 is 48.7 Å². The molecule has 1 aromatic carbocycles. The number of ketones is 1. The van der Waals surface area contributed by atoms with Gasteiger partial charge < -0.3 is 4.42 Å². The van der Waals surface area contributed by atoms with Gasteiger partial charge in [0, 0.05) is 21.5 Å². The molecule has 2 aromatic rings. The van der Waals surface area contributed by atoms with Gasteiger partial charge in [0.25, 0.3) is 4.80 Å². The largest absolute Gasteiger partial charge is 0.431 e. The number of carbonyl (C=O) groups excluding carboxylic acids is 1. The van der Waals surface area contributed by atoms with Crippen LogP contribution < -0.4 is 0 Å². The van der Waals surface area contributed by atoms with Crippen molar-refractivity contribution in [2.45, 2.75) is 0 Å². The Labute approximate surface area is 96.8 Å². The maximum Gasteiger partial charge on any atom is 0.265 e. The highest BCUT2D eigenvalue weighted by Crippen LogP contribution is 2.20. The van der Waals surface area contributed by atoms with Gasteiger partial charge in [0.15, 0.2) is 11.4 Å². The van der Waals surface area contributed by atoms with Crippen molar-refractivity contribution in [2.24, 2.45) is 0 Å². The second-order valence-electron chi connectivity index (χ2n) is 2.71. The third-order valence-electron chi connectivity index (χ3n) is 1.81. The van der Waals surface area contributed by atoms with Crippen LogP contribution in [-0.2, 0) is 0 Å². The molecule has 0 aliphatic carbocycles. The number of nitrogens with zero attached hydrogens (tertiary/aromatic N) is 1. The van der Waals surface area contributed by atoms with Gasteiger partial charge in [-0.25, -0.2) is 4.98 Å². The molecule has 3 nitrogen and oxygen atoms in total. The van der Waals surface area contributed by atoms with Gasteiger partial charge in [0.2, 0.25) is 0 Å². The lowest BCUT2D eigenvalue weighted by molar-refractivity contribution is 0.102. The zero-order valence-corrected chi connectivity index (χ0v) is 10.1. The highest BCUT2D eigenvalue weighted by molar-refractivity contribution is 9.10. The SMILES string of the molecule is O=C(CBr)c1ccc2nc(Br)oc2c1. The number of rotatable bonds is 2. The normalized spacial score (nSPS) is 10.7. The van der Waals surface area contributed by atoms with Gasteiger partial charge in [0.05, 0.1) is 5.33 Å². The van der Waals surface area contributed by atoms with E-state index < -0.39 is 0 Å². The van der Waals surface area contributed by atoms with Crippen LogP contribution in [-0.4, -0.2) is 16.1 Å². The number of carbonyl (C=O) groups is 1. The minimum absolute atomic E-state index is 0.0272. The highest BCUT2D eigenvalue weighted by atomic mass is 79.9.